The maximum absolute atomic E-state index is 11.0. The van der Waals surface area contributed by atoms with Crippen molar-refractivity contribution in [2.75, 3.05) is 0 Å². The molecule has 0 aliphatic heterocycles. The molecule has 0 unspecified atom stereocenters. The lowest BCUT2D eigenvalue weighted by atomic mass is 10.2. The number of hydrogen-bond donors (Lipinski definition) is 0. The Morgan fingerprint density at radius 3 is 3.08 bits per heavy atom. The first kappa shape index (κ1) is 7.03. The van der Waals surface area contributed by atoms with Crippen LogP contribution < -0.4 is 0 Å². The van der Waals surface area contributed by atoms with E-state index in [1.165, 1.54) is 0 Å². The first-order chi connectivity index (χ1) is 5.77. The Morgan fingerprint density at radius 1 is 1.50 bits per heavy atom. The number of hydrogen-bond acceptors (Lipinski definition) is 2. The second kappa shape index (κ2) is 2.44. The van der Waals surface area contributed by atoms with Gasteiger partial charge in [0, 0.05) is 24.2 Å². The number of Topliss-reactive ketones (excluding diaryl/α,β-unsaturated/α-hetero) is 1. The molecule has 0 fully saturated rings. The zero-order chi connectivity index (χ0) is 8.55. The lowest BCUT2D eigenvalue weighted by Gasteiger charge is -1.95. The number of aromatic nitrogens is 2. The molecule has 0 aliphatic carbocycles. The molecule has 12 heavy (non-hydrogen) atoms. The Balaban J connectivity index is 2.68. The zero-order valence-electron chi connectivity index (χ0n) is 6.69. The van der Waals surface area contributed by atoms with Crippen molar-refractivity contribution in [3.63, 3.8) is 0 Å². The van der Waals surface area contributed by atoms with E-state index in [2.05, 4.69) is 4.98 Å². The van der Waals surface area contributed by atoms with Gasteiger partial charge in [-0.25, -0.2) is 4.98 Å². The van der Waals surface area contributed by atoms with Gasteiger partial charge in [0.15, 0.2) is 5.78 Å². The Kier molecular flexibility index (Phi) is 1.43. The number of fused-ring (bicyclic) bond motifs is 1. The topological polar surface area (TPSA) is 34.4 Å². The molecular weight excluding hydrogens is 152 g/mol. The lowest BCUT2D eigenvalue weighted by Crippen LogP contribution is -1.93. The smallest absolute Gasteiger partial charge is 0.159 e. The van der Waals surface area contributed by atoms with Gasteiger partial charge >= 0.3 is 0 Å². The summed E-state index contributed by atoms with van der Waals surface area (Å²) < 4.78 is 1.87. The van der Waals surface area contributed by atoms with Crippen LogP contribution in [0.5, 0.6) is 0 Å². The molecule has 2 rings (SSSR count). The van der Waals surface area contributed by atoms with Crippen LogP contribution in [0.25, 0.3) is 5.65 Å². The van der Waals surface area contributed by atoms with Gasteiger partial charge in [0.2, 0.25) is 0 Å². The van der Waals surface area contributed by atoms with Crippen LogP contribution in [0.4, 0.5) is 0 Å². The van der Waals surface area contributed by atoms with Crippen LogP contribution in [0.1, 0.15) is 17.3 Å². The standard InChI is InChI=1S/C9H8N2O/c1-7(12)8-2-4-11-5-3-10-9(11)6-8/h2-6H,1H3. The molecule has 0 saturated heterocycles. The summed E-state index contributed by atoms with van der Waals surface area (Å²) in [7, 11) is 0. The maximum Gasteiger partial charge on any atom is 0.159 e. The molecule has 0 aliphatic rings. The van der Waals surface area contributed by atoms with Crippen molar-refractivity contribution in [1.82, 2.24) is 9.38 Å². The van der Waals surface area contributed by atoms with E-state index in [9.17, 15) is 4.79 Å². The highest BCUT2D eigenvalue weighted by Gasteiger charge is 1.99. The molecule has 0 spiro atoms. The largest absolute Gasteiger partial charge is 0.307 e. The molecule has 0 saturated carbocycles. The van der Waals surface area contributed by atoms with Crippen molar-refractivity contribution in [2.45, 2.75) is 6.92 Å². The predicted molar refractivity (Wildman–Crippen MR) is 45.2 cm³/mol. The molecule has 0 amide bonds. The van der Waals surface area contributed by atoms with Crippen LogP contribution in [0.3, 0.4) is 0 Å². The molecule has 60 valence electrons. The fourth-order valence-corrected chi connectivity index (χ4v) is 1.13. The van der Waals surface area contributed by atoms with Crippen LogP contribution in [0.2, 0.25) is 0 Å². The van der Waals surface area contributed by atoms with E-state index in [1.807, 2.05) is 16.8 Å². The minimum atomic E-state index is 0.0699. The highest BCUT2D eigenvalue weighted by atomic mass is 16.1. The quantitative estimate of drug-likeness (QED) is 0.593. The molecule has 0 aromatic carbocycles. The van der Waals surface area contributed by atoms with E-state index in [1.54, 1.807) is 25.3 Å². The monoisotopic (exact) mass is 160 g/mol. The third-order valence-corrected chi connectivity index (χ3v) is 1.80. The molecule has 3 nitrogen and oxygen atoms in total. The summed E-state index contributed by atoms with van der Waals surface area (Å²) in [5.74, 6) is 0.0699. The van der Waals surface area contributed by atoms with Gasteiger partial charge in [0.25, 0.3) is 0 Å². The average Bonchev–Trinajstić information content (AvgIpc) is 2.49. The first-order valence-corrected chi connectivity index (χ1v) is 3.71. The third-order valence-electron chi connectivity index (χ3n) is 1.80. The van der Waals surface area contributed by atoms with Crippen LogP contribution in [-0.4, -0.2) is 15.2 Å². The summed E-state index contributed by atoms with van der Waals surface area (Å²) in [6, 6.07) is 3.57. The molecule has 3 heteroatoms. The second-order valence-electron chi connectivity index (χ2n) is 2.66. The van der Waals surface area contributed by atoms with E-state index < -0.39 is 0 Å². The number of ketones is 1. The molecule has 2 aromatic rings. The second-order valence-corrected chi connectivity index (χ2v) is 2.66. The Hall–Kier alpha value is -1.64. The third kappa shape index (κ3) is 0.993. The number of pyridine rings is 1. The van der Waals surface area contributed by atoms with Crippen molar-refractivity contribution in [3.8, 4) is 0 Å². The van der Waals surface area contributed by atoms with Crippen LogP contribution in [0.15, 0.2) is 30.7 Å². The van der Waals surface area contributed by atoms with E-state index in [0.29, 0.717) is 5.56 Å². The van der Waals surface area contributed by atoms with Crippen molar-refractivity contribution in [3.05, 3.63) is 36.3 Å². The summed E-state index contributed by atoms with van der Waals surface area (Å²) in [4.78, 5) is 15.0. The van der Waals surface area contributed by atoms with Gasteiger partial charge in [-0.3, -0.25) is 4.79 Å². The van der Waals surface area contributed by atoms with E-state index in [0.717, 1.165) is 5.65 Å². The molecular formula is C9H8N2O. The summed E-state index contributed by atoms with van der Waals surface area (Å²) in [5, 5.41) is 0. The van der Waals surface area contributed by atoms with E-state index in [4.69, 9.17) is 0 Å². The van der Waals surface area contributed by atoms with Crippen LogP contribution >= 0.6 is 0 Å². The number of imidazole rings is 1. The van der Waals surface area contributed by atoms with Gasteiger partial charge in [-0.1, -0.05) is 0 Å². The summed E-state index contributed by atoms with van der Waals surface area (Å²) in [6.07, 6.45) is 5.39. The maximum atomic E-state index is 11.0. The van der Waals surface area contributed by atoms with Crippen LogP contribution in [-0.2, 0) is 0 Å². The van der Waals surface area contributed by atoms with E-state index >= 15 is 0 Å². The number of carbonyl (C=O) groups is 1. The molecule has 0 radical (unpaired) electrons. The molecule has 0 bridgehead atoms. The predicted octanol–water partition coefficient (Wildman–Crippen LogP) is 1.54. The molecule has 2 heterocycles. The highest BCUT2D eigenvalue weighted by molar-refractivity contribution is 5.94. The summed E-state index contributed by atoms with van der Waals surface area (Å²) in [6.45, 7) is 1.55. The van der Waals surface area contributed by atoms with Gasteiger partial charge in [-0.2, -0.15) is 0 Å². The van der Waals surface area contributed by atoms with Crippen LogP contribution in [0, 0.1) is 0 Å². The van der Waals surface area contributed by atoms with E-state index in [-0.39, 0.29) is 5.78 Å². The molecule has 0 atom stereocenters. The van der Waals surface area contributed by atoms with Gasteiger partial charge in [-0.05, 0) is 19.1 Å². The van der Waals surface area contributed by atoms with Gasteiger partial charge in [0.05, 0.1) is 0 Å². The fourth-order valence-electron chi connectivity index (χ4n) is 1.13. The van der Waals surface area contributed by atoms with Gasteiger partial charge in [0.1, 0.15) is 5.65 Å². The number of carbonyl (C=O) groups excluding carboxylic acids is 1. The fraction of sp³-hybridized carbons (Fsp3) is 0.111. The number of rotatable bonds is 1. The number of nitrogens with zero attached hydrogens (tertiary/aromatic N) is 2. The first-order valence-electron chi connectivity index (χ1n) is 3.71. The Labute approximate surface area is 69.7 Å². The minimum Gasteiger partial charge on any atom is -0.307 e. The van der Waals surface area contributed by atoms with Gasteiger partial charge < -0.3 is 4.40 Å². The SMILES string of the molecule is CC(=O)c1ccn2ccnc2c1. The Bertz CT molecular complexity index is 431. The zero-order valence-corrected chi connectivity index (χ0v) is 6.69. The summed E-state index contributed by atoms with van der Waals surface area (Å²) in [5.41, 5.74) is 1.51. The van der Waals surface area contributed by atoms with Crippen molar-refractivity contribution < 1.29 is 4.79 Å². The van der Waals surface area contributed by atoms with Crippen molar-refractivity contribution in [2.24, 2.45) is 0 Å². The highest BCUT2D eigenvalue weighted by Crippen LogP contribution is 2.05. The van der Waals surface area contributed by atoms with Gasteiger partial charge in [-0.15, -0.1) is 0 Å². The van der Waals surface area contributed by atoms with Crippen molar-refractivity contribution in [1.29, 1.82) is 0 Å². The lowest BCUT2D eigenvalue weighted by molar-refractivity contribution is 0.101. The minimum absolute atomic E-state index is 0.0699. The summed E-state index contributed by atoms with van der Waals surface area (Å²) >= 11 is 0. The molecule has 2 aromatic heterocycles. The Morgan fingerprint density at radius 2 is 2.33 bits per heavy atom. The normalized spacial score (nSPS) is 10.4. The molecule has 0 N–H and O–H groups in total. The average molecular weight is 160 g/mol. The van der Waals surface area contributed by atoms with Crippen molar-refractivity contribution >= 4 is 11.4 Å².